The van der Waals surface area contributed by atoms with E-state index in [0.29, 0.717) is 0 Å². The summed E-state index contributed by atoms with van der Waals surface area (Å²) in [4.78, 5) is 11.9. The van der Waals surface area contributed by atoms with Crippen LogP contribution >= 0.6 is 11.6 Å². The summed E-state index contributed by atoms with van der Waals surface area (Å²) in [6.07, 6.45) is 1.22. The Balaban J connectivity index is 2.27. The number of aromatic nitrogens is 2. The molecule has 0 amide bonds. The molecule has 1 heterocycles. The Morgan fingerprint density at radius 2 is 1.94 bits per heavy atom. The van der Waals surface area contributed by atoms with Gasteiger partial charge in [0.2, 0.25) is 0 Å². The Kier molecular flexibility index (Phi) is 3.43. The molecule has 0 aliphatic rings. The summed E-state index contributed by atoms with van der Waals surface area (Å²) in [5.41, 5.74) is 0.483. The van der Waals surface area contributed by atoms with Crippen molar-refractivity contribution < 1.29 is 13.6 Å². The fourth-order valence-corrected chi connectivity index (χ4v) is 1.98. The first-order valence-electron chi connectivity index (χ1n) is 5.13. The number of nitrogens with zero attached hydrogens (tertiary/aromatic N) is 2. The van der Waals surface area contributed by atoms with Crippen molar-refractivity contribution in [2.45, 2.75) is 6.42 Å². The van der Waals surface area contributed by atoms with Crippen molar-refractivity contribution in [1.82, 2.24) is 9.78 Å². The first-order valence-corrected chi connectivity index (χ1v) is 5.51. The summed E-state index contributed by atoms with van der Waals surface area (Å²) < 4.78 is 27.3. The Morgan fingerprint density at radius 1 is 1.33 bits per heavy atom. The molecule has 0 aliphatic heterocycles. The van der Waals surface area contributed by atoms with Crippen LogP contribution < -0.4 is 0 Å². The van der Waals surface area contributed by atoms with E-state index in [4.69, 9.17) is 11.6 Å². The predicted octanol–water partition coefficient (Wildman–Crippen LogP) is 2.78. The third-order valence-electron chi connectivity index (χ3n) is 2.45. The lowest BCUT2D eigenvalue weighted by Crippen LogP contribution is -2.10. The van der Waals surface area contributed by atoms with Crippen molar-refractivity contribution in [3.05, 3.63) is 52.3 Å². The van der Waals surface area contributed by atoms with Crippen molar-refractivity contribution in [2.24, 2.45) is 7.05 Å². The first-order chi connectivity index (χ1) is 8.47. The first kappa shape index (κ1) is 12.7. The highest BCUT2D eigenvalue weighted by molar-refractivity contribution is 6.33. The molecule has 0 saturated heterocycles. The molecule has 1 aromatic carbocycles. The third-order valence-corrected chi connectivity index (χ3v) is 2.72. The number of carbonyl (C=O) groups excluding carboxylic acids is 1. The van der Waals surface area contributed by atoms with Gasteiger partial charge in [-0.05, 0) is 17.7 Å². The van der Waals surface area contributed by atoms with E-state index in [0.717, 1.165) is 18.2 Å². The monoisotopic (exact) mass is 270 g/mol. The quantitative estimate of drug-likeness (QED) is 0.804. The highest BCUT2D eigenvalue weighted by Crippen LogP contribution is 2.17. The van der Waals surface area contributed by atoms with Crippen molar-refractivity contribution in [3.8, 4) is 0 Å². The molecule has 94 valence electrons. The van der Waals surface area contributed by atoms with Crippen LogP contribution in [0.4, 0.5) is 8.78 Å². The summed E-state index contributed by atoms with van der Waals surface area (Å²) in [6.45, 7) is 0. The molecule has 0 atom stereocenters. The average Bonchev–Trinajstić information content (AvgIpc) is 2.56. The Labute approximate surface area is 107 Å². The number of rotatable bonds is 3. The number of carbonyl (C=O) groups is 1. The van der Waals surface area contributed by atoms with E-state index in [-0.39, 0.29) is 28.5 Å². The summed E-state index contributed by atoms with van der Waals surface area (Å²) in [5, 5.41) is 4.05. The second kappa shape index (κ2) is 4.86. The van der Waals surface area contributed by atoms with Gasteiger partial charge in [-0.25, -0.2) is 8.78 Å². The standard InChI is InChI=1S/C12H9ClF2N2O/c1-17-12(10(13)6-16-17)11(18)4-7-2-8(14)5-9(15)3-7/h2-3,5-6H,4H2,1H3. The molecule has 3 nitrogen and oxygen atoms in total. The second-order valence-electron chi connectivity index (χ2n) is 3.84. The van der Waals surface area contributed by atoms with Crippen molar-refractivity contribution >= 4 is 17.4 Å². The molecule has 0 fully saturated rings. The fourth-order valence-electron chi connectivity index (χ4n) is 1.71. The van der Waals surface area contributed by atoms with E-state index in [1.165, 1.54) is 10.9 Å². The molecule has 6 heteroatoms. The smallest absolute Gasteiger partial charge is 0.186 e. The van der Waals surface area contributed by atoms with Crippen LogP contribution in [0.25, 0.3) is 0 Å². The van der Waals surface area contributed by atoms with Crippen LogP contribution in [-0.2, 0) is 13.5 Å². The second-order valence-corrected chi connectivity index (χ2v) is 4.25. The van der Waals surface area contributed by atoms with Crippen LogP contribution in [0.2, 0.25) is 5.02 Å². The summed E-state index contributed by atoms with van der Waals surface area (Å²) >= 11 is 5.82. The van der Waals surface area contributed by atoms with Crippen LogP contribution in [-0.4, -0.2) is 15.6 Å². The van der Waals surface area contributed by atoms with E-state index in [1.54, 1.807) is 7.05 Å². The van der Waals surface area contributed by atoms with Gasteiger partial charge in [-0.15, -0.1) is 0 Å². The minimum Gasteiger partial charge on any atom is -0.292 e. The maximum absolute atomic E-state index is 13.0. The molecule has 0 spiro atoms. The van der Waals surface area contributed by atoms with Gasteiger partial charge in [-0.1, -0.05) is 11.6 Å². The van der Waals surface area contributed by atoms with E-state index >= 15 is 0 Å². The Bertz CT molecular complexity index is 570. The minimum atomic E-state index is -0.714. The van der Waals surface area contributed by atoms with Crippen LogP contribution in [0.5, 0.6) is 0 Å². The highest BCUT2D eigenvalue weighted by atomic mass is 35.5. The van der Waals surface area contributed by atoms with Gasteiger partial charge in [0, 0.05) is 19.5 Å². The molecule has 0 bridgehead atoms. The summed E-state index contributed by atoms with van der Waals surface area (Å²) in [5.74, 6) is -1.77. The van der Waals surface area contributed by atoms with Crippen LogP contribution in [0.3, 0.4) is 0 Å². The zero-order valence-corrected chi connectivity index (χ0v) is 10.2. The van der Waals surface area contributed by atoms with E-state index in [9.17, 15) is 13.6 Å². The maximum atomic E-state index is 13.0. The molecule has 1 aromatic heterocycles. The summed E-state index contributed by atoms with van der Waals surface area (Å²) in [6, 6.07) is 2.99. The van der Waals surface area contributed by atoms with Gasteiger partial charge < -0.3 is 0 Å². The average molecular weight is 271 g/mol. The van der Waals surface area contributed by atoms with Crippen LogP contribution in [0.15, 0.2) is 24.4 Å². The molecule has 2 rings (SSSR count). The van der Waals surface area contributed by atoms with Gasteiger partial charge in [0.25, 0.3) is 0 Å². The van der Waals surface area contributed by atoms with Gasteiger partial charge in [0.1, 0.15) is 17.3 Å². The Hall–Kier alpha value is -1.75. The van der Waals surface area contributed by atoms with Gasteiger partial charge in [-0.2, -0.15) is 5.10 Å². The fraction of sp³-hybridized carbons (Fsp3) is 0.167. The van der Waals surface area contributed by atoms with Gasteiger partial charge >= 0.3 is 0 Å². The minimum absolute atomic E-state index is 0.131. The lowest BCUT2D eigenvalue weighted by Gasteiger charge is -2.03. The van der Waals surface area contributed by atoms with Crippen molar-refractivity contribution in [1.29, 1.82) is 0 Å². The molecule has 0 radical (unpaired) electrons. The molecule has 0 unspecified atom stereocenters. The van der Waals surface area contributed by atoms with E-state index < -0.39 is 11.6 Å². The normalized spacial score (nSPS) is 10.7. The molecule has 0 saturated carbocycles. The van der Waals surface area contributed by atoms with Crippen molar-refractivity contribution in [2.75, 3.05) is 0 Å². The summed E-state index contributed by atoms with van der Waals surface area (Å²) in [7, 11) is 1.57. The van der Waals surface area contributed by atoms with E-state index in [2.05, 4.69) is 5.10 Å². The lowest BCUT2D eigenvalue weighted by molar-refractivity contribution is 0.0984. The zero-order valence-electron chi connectivity index (χ0n) is 9.45. The molecule has 2 aromatic rings. The number of ketones is 1. The topological polar surface area (TPSA) is 34.9 Å². The zero-order chi connectivity index (χ0) is 13.3. The number of Topliss-reactive ketones (excluding diaryl/α,β-unsaturated/α-hetero) is 1. The number of aryl methyl sites for hydroxylation is 1. The third kappa shape index (κ3) is 2.56. The number of halogens is 3. The van der Waals surface area contributed by atoms with Crippen molar-refractivity contribution in [3.63, 3.8) is 0 Å². The van der Waals surface area contributed by atoms with Crippen LogP contribution in [0, 0.1) is 11.6 Å². The molecule has 18 heavy (non-hydrogen) atoms. The maximum Gasteiger partial charge on any atom is 0.186 e. The predicted molar refractivity (Wildman–Crippen MR) is 62.6 cm³/mol. The molecular weight excluding hydrogens is 262 g/mol. The van der Waals surface area contributed by atoms with E-state index in [1.807, 2.05) is 0 Å². The number of benzene rings is 1. The SMILES string of the molecule is Cn1ncc(Cl)c1C(=O)Cc1cc(F)cc(F)c1. The molecular formula is C12H9ClF2N2O. The highest BCUT2D eigenvalue weighted by Gasteiger charge is 2.16. The van der Waals surface area contributed by atoms with Gasteiger partial charge in [0.15, 0.2) is 5.78 Å². The van der Waals surface area contributed by atoms with Gasteiger partial charge in [-0.3, -0.25) is 9.48 Å². The Morgan fingerprint density at radius 3 is 2.44 bits per heavy atom. The lowest BCUT2D eigenvalue weighted by atomic mass is 10.1. The number of hydrogen-bond donors (Lipinski definition) is 0. The largest absolute Gasteiger partial charge is 0.292 e. The molecule has 0 aliphatic carbocycles. The van der Waals surface area contributed by atoms with Crippen LogP contribution in [0.1, 0.15) is 16.1 Å². The molecule has 0 N–H and O–H groups in total. The van der Waals surface area contributed by atoms with Gasteiger partial charge in [0.05, 0.1) is 11.2 Å². The number of hydrogen-bond acceptors (Lipinski definition) is 2.